The van der Waals surface area contributed by atoms with Crippen molar-refractivity contribution in [3.05, 3.63) is 0 Å². The zero-order valence-corrected chi connectivity index (χ0v) is 13.8. The van der Waals surface area contributed by atoms with E-state index in [-0.39, 0.29) is 24.0 Å². The predicted octanol–water partition coefficient (Wildman–Crippen LogP) is 1.67. The van der Waals surface area contributed by atoms with Crippen LogP contribution >= 0.6 is 24.0 Å². The van der Waals surface area contributed by atoms with Gasteiger partial charge in [0.25, 0.3) is 0 Å². The van der Waals surface area contributed by atoms with Gasteiger partial charge >= 0.3 is 0 Å². The molecule has 2 N–H and O–H groups in total. The number of nitrogens with one attached hydrogen (secondary N) is 2. The fraction of sp³-hybridized carbons (Fsp3) is 0.923. The molecule has 2 heterocycles. The summed E-state index contributed by atoms with van der Waals surface area (Å²) in [6.45, 7) is 9.20. The molecule has 0 bridgehead atoms. The van der Waals surface area contributed by atoms with Crippen molar-refractivity contribution in [1.29, 1.82) is 0 Å². The predicted molar refractivity (Wildman–Crippen MR) is 87.8 cm³/mol. The first kappa shape index (κ1) is 16.0. The second kappa shape index (κ2) is 8.96. The fourth-order valence-electron chi connectivity index (χ4n) is 2.57. The lowest BCUT2D eigenvalue weighted by Crippen LogP contribution is -2.44. The topological polar surface area (TPSA) is 39.7 Å². The van der Waals surface area contributed by atoms with Crippen LogP contribution in [0.1, 0.15) is 32.6 Å². The Morgan fingerprint density at radius 1 is 1.28 bits per heavy atom. The molecular weight excluding hydrogens is 339 g/mol. The van der Waals surface area contributed by atoms with Gasteiger partial charge in [-0.3, -0.25) is 4.99 Å². The zero-order valence-electron chi connectivity index (χ0n) is 11.5. The maximum absolute atomic E-state index is 4.43. The lowest BCUT2D eigenvalue weighted by atomic mass is 10.1. The number of guanidine groups is 1. The molecule has 4 nitrogen and oxygen atoms in total. The molecule has 0 spiro atoms. The third kappa shape index (κ3) is 5.73. The summed E-state index contributed by atoms with van der Waals surface area (Å²) in [7, 11) is 0. The highest BCUT2D eigenvalue weighted by molar-refractivity contribution is 14.0. The van der Waals surface area contributed by atoms with E-state index in [9.17, 15) is 0 Å². The highest BCUT2D eigenvalue weighted by atomic mass is 127. The number of aliphatic imine (C=N–C) groups is 1. The van der Waals surface area contributed by atoms with Gasteiger partial charge in [0.1, 0.15) is 0 Å². The molecule has 0 radical (unpaired) electrons. The van der Waals surface area contributed by atoms with Crippen LogP contribution in [0.15, 0.2) is 4.99 Å². The van der Waals surface area contributed by atoms with Crippen LogP contribution in [0, 0.1) is 5.92 Å². The van der Waals surface area contributed by atoms with Gasteiger partial charge in [0.2, 0.25) is 0 Å². The number of hydrogen-bond donors (Lipinski definition) is 2. The lowest BCUT2D eigenvalue weighted by Gasteiger charge is -2.29. The second-order valence-electron chi connectivity index (χ2n) is 5.36. The Labute approximate surface area is 128 Å². The van der Waals surface area contributed by atoms with Gasteiger partial charge in [-0.2, -0.15) is 0 Å². The van der Waals surface area contributed by atoms with Crippen molar-refractivity contribution in [2.24, 2.45) is 10.9 Å². The van der Waals surface area contributed by atoms with Gasteiger partial charge in [-0.15, -0.1) is 24.0 Å². The van der Waals surface area contributed by atoms with Crippen molar-refractivity contribution < 1.29 is 0 Å². The maximum Gasteiger partial charge on any atom is 0.191 e. The minimum Gasteiger partial charge on any atom is -0.356 e. The number of hydrogen-bond acceptors (Lipinski definition) is 4. The highest BCUT2D eigenvalue weighted by Crippen LogP contribution is 2.10. The standard InChI is InChI=1S/C13H26N4.HI/c1-12(11-17-8-3-2-4-9-17)10-16-13-14-6-5-7-15-13;/h12H,2-11H2,1H3,(H2,14,15,16);1H. The first-order chi connectivity index (χ1) is 8.34. The molecular formula is C13H27IN4. The first-order valence-electron chi connectivity index (χ1n) is 7.09. The van der Waals surface area contributed by atoms with Crippen LogP contribution in [0.25, 0.3) is 0 Å². The minimum atomic E-state index is 0. The molecule has 0 aliphatic carbocycles. The van der Waals surface area contributed by atoms with Crippen LogP contribution in [0.4, 0.5) is 0 Å². The van der Waals surface area contributed by atoms with Crippen molar-refractivity contribution >= 4 is 29.9 Å². The number of piperidine rings is 1. The summed E-state index contributed by atoms with van der Waals surface area (Å²) in [6.07, 6.45) is 5.35. The maximum atomic E-state index is 4.43. The summed E-state index contributed by atoms with van der Waals surface area (Å²) in [4.78, 5) is 7.03. The second-order valence-corrected chi connectivity index (χ2v) is 5.36. The van der Waals surface area contributed by atoms with E-state index in [1.54, 1.807) is 0 Å². The molecule has 5 heteroatoms. The average molecular weight is 366 g/mol. The monoisotopic (exact) mass is 366 g/mol. The summed E-state index contributed by atoms with van der Waals surface area (Å²) in [5.74, 6) is 1.70. The van der Waals surface area contributed by atoms with E-state index in [2.05, 4.69) is 27.4 Å². The Balaban J connectivity index is 0.00000162. The molecule has 0 amide bonds. The van der Waals surface area contributed by atoms with Gasteiger partial charge in [-0.05, 0) is 38.3 Å². The summed E-state index contributed by atoms with van der Waals surface area (Å²) in [5.41, 5.74) is 0. The first-order valence-corrected chi connectivity index (χ1v) is 7.09. The molecule has 1 fully saturated rings. The lowest BCUT2D eigenvalue weighted by molar-refractivity contribution is 0.201. The highest BCUT2D eigenvalue weighted by Gasteiger charge is 2.13. The van der Waals surface area contributed by atoms with Gasteiger partial charge in [0.15, 0.2) is 5.96 Å². The quantitative estimate of drug-likeness (QED) is 0.744. The Bertz CT molecular complexity index is 251. The summed E-state index contributed by atoms with van der Waals surface area (Å²) in [5, 5.41) is 6.73. The Morgan fingerprint density at radius 2 is 2.06 bits per heavy atom. The van der Waals surface area contributed by atoms with Crippen molar-refractivity contribution in [2.45, 2.75) is 32.6 Å². The molecule has 106 valence electrons. The van der Waals surface area contributed by atoms with Crippen LogP contribution in [0.2, 0.25) is 0 Å². The smallest absolute Gasteiger partial charge is 0.191 e. The van der Waals surface area contributed by atoms with E-state index < -0.39 is 0 Å². The zero-order chi connectivity index (χ0) is 11.9. The van der Waals surface area contributed by atoms with E-state index >= 15 is 0 Å². The van der Waals surface area contributed by atoms with Crippen LogP contribution in [-0.4, -0.2) is 50.1 Å². The average Bonchev–Trinajstić information content (AvgIpc) is 2.39. The van der Waals surface area contributed by atoms with Gasteiger partial charge < -0.3 is 15.5 Å². The third-order valence-electron chi connectivity index (χ3n) is 3.53. The van der Waals surface area contributed by atoms with Crippen LogP contribution < -0.4 is 10.6 Å². The van der Waals surface area contributed by atoms with Crippen molar-refractivity contribution in [1.82, 2.24) is 15.5 Å². The molecule has 0 aromatic heterocycles. The van der Waals surface area contributed by atoms with Gasteiger partial charge in [0.05, 0.1) is 0 Å². The molecule has 2 aliphatic rings. The number of nitrogens with zero attached hydrogens (tertiary/aromatic N) is 2. The molecule has 1 unspecified atom stereocenters. The normalized spacial score (nSPS) is 22.4. The molecule has 1 atom stereocenters. The summed E-state index contributed by atoms with van der Waals surface area (Å²) < 4.78 is 0. The van der Waals surface area contributed by atoms with Crippen molar-refractivity contribution in [3.8, 4) is 0 Å². The third-order valence-corrected chi connectivity index (χ3v) is 3.53. The molecule has 0 saturated carbocycles. The van der Waals surface area contributed by atoms with E-state index in [0.29, 0.717) is 5.92 Å². The van der Waals surface area contributed by atoms with E-state index in [1.807, 2.05) is 0 Å². The van der Waals surface area contributed by atoms with Crippen LogP contribution in [0.3, 0.4) is 0 Å². The van der Waals surface area contributed by atoms with Crippen LogP contribution in [0.5, 0.6) is 0 Å². The molecule has 0 aromatic carbocycles. The molecule has 0 aromatic rings. The molecule has 2 rings (SSSR count). The van der Waals surface area contributed by atoms with Crippen LogP contribution in [-0.2, 0) is 0 Å². The minimum absolute atomic E-state index is 0. The van der Waals surface area contributed by atoms with Gasteiger partial charge in [-0.25, -0.2) is 0 Å². The van der Waals surface area contributed by atoms with Crippen molar-refractivity contribution in [2.75, 3.05) is 39.3 Å². The Morgan fingerprint density at radius 3 is 2.72 bits per heavy atom. The van der Waals surface area contributed by atoms with Crippen molar-refractivity contribution in [3.63, 3.8) is 0 Å². The largest absolute Gasteiger partial charge is 0.356 e. The van der Waals surface area contributed by atoms with Gasteiger partial charge in [-0.1, -0.05) is 13.3 Å². The number of rotatable bonds is 4. The SMILES string of the molecule is CC(CNC1=NCCCN1)CN1CCCCC1.I. The van der Waals surface area contributed by atoms with Gasteiger partial charge in [0, 0.05) is 26.2 Å². The number of likely N-dealkylation sites (tertiary alicyclic amines) is 1. The Hall–Kier alpha value is -0.0400. The number of halogens is 1. The Kier molecular flexibility index (Phi) is 7.97. The molecule has 1 saturated heterocycles. The van der Waals surface area contributed by atoms with E-state index in [0.717, 1.165) is 32.0 Å². The fourth-order valence-corrected chi connectivity index (χ4v) is 2.57. The summed E-state index contributed by atoms with van der Waals surface area (Å²) >= 11 is 0. The summed E-state index contributed by atoms with van der Waals surface area (Å²) in [6, 6.07) is 0. The van der Waals surface area contributed by atoms with E-state index in [1.165, 1.54) is 38.9 Å². The van der Waals surface area contributed by atoms with E-state index in [4.69, 9.17) is 0 Å². The molecule has 18 heavy (non-hydrogen) atoms. The molecule has 2 aliphatic heterocycles.